The van der Waals surface area contributed by atoms with Crippen LogP contribution in [0.3, 0.4) is 0 Å². The number of benzene rings is 1. The maximum atomic E-state index is 6.05. The minimum absolute atomic E-state index is 0.719. The maximum Gasteiger partial charge on any atom is 0.0441 e. The first kappa shape index (κ1) is 12.6. The summed E-state index contributed by atoms with van der Waals surface area (Å²) >= 11 is 12.1. The summed E-state index contributed by atoms with van der Waals surface area (Å²) in [5, 5.41) is 5.05. The van der Waals surface area contributed by atoms with Crippen LogP contribution in [-0.2, 0) is 0 Å². The summed E-state index contributed by atoms with van der Waals surface area (Å²) in [5.41, 5.74) is 1.15. The first-order valence-corrected chi connectivity index (χ1v) is 7.41. The molecule has 2 aliphatic rings. The lowest BCUT2D eigenvalue weighted by Crippen LogP contribution is -2.27. The Bertz CT molecular complexity index is 412. The van der Waals surface area contributed by atoms with E-state index in [9.17, 15) is 0 Å². The lowest BCUT2D eigenvalue weighted by molar-refractivity contribution is 0.515. The Labute approximate surface area is 118 Å². The standard InChI is InChI=1S/C14H18Cl2N2/c15-11-5-12(16)7-14(6-11)18-4-3-10(9-18)8-17-13-1-2-13/h5-7,10,13,17H,1-4,8-9H2. The molecule has 2 fully saturated rings. The predicted octanol–water partition coefficient (Wildman–Crippen LogP) is 3.57. The number of nitrogens with one attached hydrogen (secondary N) is 1. The molecule has 1 aliphatic heterocycles. The van der Waals surface area contributed by atoms with Gasteiger partial charge in [-0.2, -0.15) is 0 Å². The van der Waals surface area contributed by atoms with Crippen LogP contribution < -0.4 is 10.2 Å². The largest absolute Gasteiger partial charge is 0.371 e. The Kier molecular flexibility index (Phi) is 3.69. The third-order valence-electron chi connectivity index (χ3n) is 3.77. The molecule has 1 N–H and O–H groups in total. The topological polar surface area (TPSA) is 15.3 Å². The second-order valence-corrected chi connectivity index (χ2v) is 6.28. The summed E-state index contributed by atoms with van der Waals surface area (Å²) in [6, 6.07) is 6.60. The Morgan fingerprint density at radius 1 is 1.11 bits per heavy atom. The van der Waals surface area contributed by atoms with Crippen LogP contribution in [0.2, 0.25) is 10.0 Å². The average molecular weight is 285 g/mol. The first-order valence-electron chi connectivity index (χ1n) is 6.65. The highest BCUT2D eigenvalue weighted by atomic mass is 35.5. The van der Waals surface area contributed by atoms with E-state index < -0.39 is 0 Å². The van der Waals surface area contributed by atoms with Gasteiger partial charge in [0.1, 0.15) is 0 Å². The Balaban J connectivity index is 1.59. The molecule has 0 amide bonds. The van der Waals surface area contributed by atoms with Crippen molar-refractivity contribution < 1.29 is 0 Å². The molecular formula is C14H18Cl2N2. The molecule has 2 nitrogen and oxygen atoms in total. The van der Waals surface area contributed by atoms with Crippen molar-refractivity contribution in [2.24, 2.45) is 5.92 Å². The Hall–Kier alpha value is -0.440. The van der Waals surface area contributed by atoms with Crippen LogP contribution in [0.15, 0.2) is 18.2 Å². The summed E-state index contributed by atoms with van der Waals surface area (Å²) in [6.07, 6.45) is 3.98. The van der Waals surface area contributed by atoms with Gasteiger partial charge in [-0.05, 0) is 49.9 Å². The van der Waals surface area contributed by atoms with Crippen molar-refractivity contribution in [1.29, 1.82) is 0 Å². The third-order valence-corrected chi connectivity index (χ3v) is 4.21. The molecule has 0 bridgehead atoms. The summed E-state index contributed by atoms with van der Waals surface area (Å²) < 4.78 is 0. The molecule has 4 heteroatoms. The molecule has 1 saturated carbocycles. The van der Waals surface area contributed by atoms with Gasteiger partial charge in [-0.3, -0.25) is 0 Å². The molecule has 0 aromatic heterocycles. The average Bonchev–Trinajstić information content (AvgIpc) is 3.02. The zero-order valence-electron chi connectivity index (χ0n) is 10.3. The number of hydrogen-bond acceptors (Lipinski definition) is 2. The van der Waals surface area contributed by atoms with Gasteiger partial charge in [0.2, 0.25) is 0 Å². The van der Waals surface area contributed by atoms with Gasteiger partial charge in [0.25, 0.3) is 0 Å². The highest BCUT2D eigenvalue weighted by molar-refractivity contribution is 6.35. The molecule has 1 aliphatic carbocycles. The Morgan fingerprint density at radius 2 is 1.83 bits per heavy atom. The second kappa shape index (κ2) is 5.28. The van der Waals surface area contributed by atoms with Gasteiger partial charge in [-0.25, -0.2) is 0 Å². The number of anilines is 1. The number of nitrogens with zero attached hydrogens (tertiary/aromatic N) is 1. The van der Waals surface area contributed by atoms with Gasteiger partial charge in [0.15, 0.2) is 0 Å². The summed E-state index contributed by atoms with van der Waals surface area (Å²) in [6.45, 7) is 3.36. The summed E-state index contributed by atoms with van der Waals surface area (Å²) in [5.74, 6) is 0.753. The van der Waals surface area contributed by atoms with Crippen LogP contribution in [0.5, 0.6) is 0 Å². The zero-order chi connectivity index (χ0) is 12.5. The van der Waals surface area contributed by atoms with E-state index in [1.807, 2.05) is 12.1 Å². The smallest absolute Gasteiger partial charge is 0.0441 e. The van der Waals surface area contributed by atoms with Gasteiger partial charge in [-0.1, -0.05) is 23.2 Å². The van der Waals surface area contributed by atoms with Crippen LogP contribution in [-0.4, -0.2) is 25.7 Å². The van der Waals surface area contributed by atoms with E-state index in [1.54, 1.807) is 6.07 Å². The fourth-order valence-corrected chi connectivity index (χ4v) is 3.09. The van der Waals surface area contributed by atoms with Crippen molar-refractivity contribution >= 4 is 28.9 Å². The molecule has 1 atom stereocenters. The van der Waals surface area contributed by atoms with Gasteiger partial charge in [-0.15, -0.1) is 0 Å². The fraction of sp³-hybridized carbons (Fsp3) is 0.571. The normalized spacial score (nSPS) is 23.7. The SMILES string of the molecule is Clc1cc(Cl)cc(N2CCC(CNC3CC3)C2)c1. The van der Waals surface area contributed by atoms with Gasteiger partial charge >= 0.3 is 0 Å². The van der Waals surface area contributed by atoms with E-state index in [0.29, 0.717) is 0 Å². The molecule has 0 spiro atoms. The number of rotatable bonds is 4. The highest BCUT2D eigenvalue weighted by Crippen LogP contribution is 2.29. The third kappa shape index (κ3) is 3.11. The van der Waals surface area contributed by atoms with E-state index in [-0.39, 0.29) is 0 Å². The lowest BCUT2D eigenvalue weighted by Gasteiger charge is -2.19. The van der Waals surface area contributed by atoms with E-state index in [0.717, 1.165) is 47.3 Å². The van der Waals surface area contributed by atoms with Crippen LogP contribution in [0.1, 0.15) is 19.3 Å². The second-order valence-electron chi connectivity index (χ2n) is 5.41. The first-order chi connectivity index (χ1) is 8.70. The van der Waals surface area contributed by atoms with Gasteiger partial charge in [0, 0.05) is 34.9 Å². The molecule has 1 aromatic rings. The van der Waals surface area contributed by atoms with Crippen molar-refractivity contribution in [2.75, 3.05) is 24.5 Å². The van der Waals surface area contributed by atoms with Crippen molar-refractivity contribution in [3.8, 4) is 0 Å². The van der Waals surface area contributed by atoms with Crippen LogP contribution in [0.25, 0.3) is 0 Å². The van der Waals surface area contributed by atoms with Crippen LogP contribution >= 0.6 is 23.2 Å². The van der Waals surface area contributed by atoms with Crippen molar-refractivity contribution in [3.63, 3.8) is 0 Å². The number of halogens is 2. The van der Waals surface area contributed by atoms with Gasteiger partial charge < -0.3 is 10.2 Å². The molecule has 18 heavy (non-hydrogen) atoms. The van der Waals surface area contributed by atoms with Crippen molar-refractivity contribution in [3.05, 3.63) is 28.2 Å². The van der Waals surface area contributed by atoms with Crippen molar-refractivity contribution in [2.45, 2.75) is 25.3 Å². The van der Waals surface area contributed by atoms with Gasteiger partial charge in [0.05, 0.1) is 0 Å². The van der Waals surface area contributed by atoms with Crippen LogP contribution in [0, 0.1) is 5.92 Å². The van der Waals surface area contributed by atoms with E-state index in [4.69, 9.17) is 23.2 Å². The highest BCUT2D eigenvalue weighted by Gasteiger charge is 2.26. The molecule has 1 saturated heterocycles. The minimum atomic E-state index is 0.719. The van der Waals surface area contributed by atoms with Crippen LogP contribution in [0.4, 0.5) is 5.69 Å². The molecule has 98 valence electrons. The lowest BCUT2D eigenvalue weighted by atomic mass is 10.1. The molecule has 1 aromatic carbocycles. The molecular weight excluding hydrogens is 267 g/mol. The minimum Gasteiger partial charge on any atom is -0.371 e. The van der Waals surface area contributed by atoms with E-state index in [2.05, 4.69) is 10.2 Å². The van der Waals surface area contributed by atoms with Crippen molar-refractivity contribution in [1.82, 2.24) is 5.32 Å². The quantitative estimate of drug-likeness (QED) is 0.909. The molecule has 1 heterocycles. The monoisotopic (exact) mass is 284 g/mol. The summed E-state index contributed by atoms with van der Waals surface area (Å²) in [4.78, 5) is 2.39. The maximum absolute atomic E-state index is 6.05. The molecule has 0 radical (unpaired) electrons. The molecule has 1 unspecified atom stereocenters. The number of hydrogen-bond donors (Lipinski definition) is 1. The predicted molar refractivity (Wildman–Crippen MR) is 77.8 cm³/mol. The summed E-state index contributed by atoms with van der Waals surface area (Å²) in [7, 11) is 0. The van der Waals surface area contributed by atoms with E-state index in [1.165, 1.54) is 19.3 Å². The Morgan fingerprint density at radius 3 is 2.50 bits per heavy atom. The fourth-order valence-electron chi connectivity index (χ4n) is 2.58. The molecule has 3 rings (SSSR count). The zero-order valence-corrected chi connectivity index (χ0v) is 11.8. The van der Waals surface area contributed by atoms with E-state index >= 15 is 0 Å².